The molecule has 4 saturated carbocycles. The molecule has 0 aromatic carbocycles. The highest BCUT2D eigenvalue weighted by Gasteiger charge is 2.55. The Balaban J connectivity index is 1.53. The Labute approximate surface area is 161 Å². The van der Waals surface area contributed by atoms with E-state index >= 15 is 0 Å². The fraction of sp³-hybridized carbons (Fsp3) is 0.950. The van der Waals surface area contributed by atoms with Gasteiger partial charge in [-0.1, -0.05) is 0 Å². The van der Waals surface area contributed by atoms with Gasteiger partial charge in [-0.05, 0) is 95.6 Å². The molecule has 0 atom stereocenters. The van der Waals surface area contributed by atoms with Gasteiger partial charge < -0.3 is 13.6 Å². The lowest BCUT2D eigenvalue weighted by Gasteiger charge is -2.55. The second-order valence-electron chi connectivity index (χ2n) is 11.0. The summed E-state index contributed by atoms with van der Waals surface area (Å²) >= 11 is 0. The zero-order valence-electron chi connectivity index (χ0n) is 17.6. The molecule has 0 aromatic heterocycles. The van der Waals surface area contributed by atoms with Crippen molar-refractivity contribution in [1.82, 2.24) is 0 Å². The van der Waals surface area contributed by atoms with E-state index in [2.05, 4.69) is 39.3 Å². The van der Waals surface area contributed by atoms with E-state index in [4.69, 9.17) is 13.6 Å². The Kier molecular flexibility index (Phi) is 5.80. The topological polar surface area (TPSA) is 44.8 Å². The van der Waals surface area contributed by atoms with Gasteiger partial charge >= 0.3 is 5.97 Å². The number of hydrogen-bond acceptors (Lipinski definition) is 4. The van der Waals surface area contributed by atoms with Crippen LogP contribution in [0.2, 0.25) is 39.3 Å². The van der Waals surface area contributed by atoms with Gasteiger partial charge in [-0.2, -0.15) is 0 Å². The van der Waals surface area contributed by atoms with E-state index in [1.54, 1.807) is 0 Å². The molecule has 150 valence electrons. The summed E-state index contributed by atoms with van der Waals surface area (Å²) in [6.45, 7) is 13.5. The minimum absolute atomic E-state index is 0.0661. The smallest absolute Gasteiger partial charge is 0.312 e. The third-order valence-corrected chi connectivity index (χ3v) is 7.97. The van der Waals surface area contributed by atoms with Crippen molar-refractivity contribution in [1.29, 1.82) is 0 Å². The quantitative estimate of drug-likeness (QED) is 0.322. The van der Waals surface area contributed by atoms with Gasteiger partial charge in [0.2, 0.25) is 0 Å². The number of carbonyl (C=O) groups is 1. The molecule has 0 saturated heterocycles. The van der Waals surface area contributed by atoms with E-state index in [1.807, 2.05) is 0 Å². The predicted octanol–water partition coefficient (Wildman–Crippen LogP) is 5.17. The fourth-order valence-corrected chi connectivity index (χ4v) is 7.70. The molecule has 0 spiro atoms. The molecule has 4 nitrogen and oxygen atoms in total. The van der Waals surface area contributed by atoms with Crippen LogP contribution in [-0.2, 0) is 18.4 Å². The van der Waals surface area contributed by atoms with Crippen LogP contribution in [0.5, 0.6) is 0 Å². The average Bonchev–Trinajstić information content (AvgIpc) is 2.41. The van der Waals surface area contributed by atoms with Crippen LogP contribution < -0.4 is 0 Å². The largest absolute Gasteiger partial charge is 0.465 e. The maximum Gasteiger partial charge on any atom is 0.312 e. The molecule has 0 N–H and O–H groups in total. The molecule has 6 heteroatoms. The van der Waals surface area contributed by atoms with Crippen molar-refractivity contribution in [2.75, 3.05) is 6.61 Å². The van der Waals surface area contributed by atoms with Gasteiger partial charge in [0.25, 0.3) is 0 Å². The van der Waals surface area contributed by atoms with Crippen LogP contribution in [-0.4, -0.2) is 35.5 Å². The monoisotopic (exact) mass is 398 g/mol. The summed E-state index contributed by atoms with van der Waals surface area (Å²) in [7, 11) is -3.40. The first-order valence-corrected chi connectivity index (χ1v) is 17.3. The van der Waals surface area contributed by atoms with Crippen LogP contribution in [0.25, 0.3) is 0 Å². The van der Waals surface area contributed by atoms with Gasteiger partial charge in [0.05, 0.1) is 12.0 Å². The first-order valence-electron chi connectivity index (χ1n) is 10.5. The summed E-state index contributed by atoms with van der Waals surface area (Å²) in [4.78, 5) is 13.0. The molecule has 4 aliphatic rings. The molecule has 4 aliphatic carbocycles. The lowest BCUT2D eigenvalue weighted by molar-refractivity contribution is -0.173. The summed E-state index contributed by atoms with van der Waals surface area (Å²) in [6, 6.07) is 0. The third kappa shape index (κ3) is 5.21. The molecule has 4 rings (SSSR count). The van der Waals surface area contributed by atoms with Gasteiger partial charge in [0, 0.05) is 6.42 Å². The molecule has 26 heavy (non-hydrogen) atoms. The molecular formula is C20H38O4Si2. The molecule has 0 heterocycles. The highest BCUT2D eigenvalue weighted by Crippen LogP contribution is 2.60. The van der Waals surface area contributed by atoms with Crippen LogP contribution in [0.4, 0.5) is 0 Å². The summed E-state index contributed by atoms with van der Waals surface area (Å²) in [5, 5.41) is 0. The second kappa shape index (κ2) is 7.34. The highest BCUT2D eigenvalue weighted by atomic mass is 28.4. The van der Waals surface area contributed by atoms with E-state index in [0.717, 1.165) is 37.0 Å². The van der Waals surface area contributed by atoms with Crippen molar-refractivity contribution in [3.63, 3.8) is 0 Å². The molecule has 0 aromatic rings. The molecular weight excluding hydrogens is 360 g/mol. The van der Waals surface area contributed by atoms with Crippen LogP contribution in [0, 0.1) is 23.2 Å². The SMILES string of the molecule is C[Si](C)(C)OC(CCOC(=O)C12CC3CC(CC(C3)C1)C2)O[Si](C)(C)C. The van der Waals surface area contributed by atoms with Crippen molar-refractivity contribution < 1.29 is 18.4 Å². The normalized spacial score (nSPS) is 33.7. The first kappa shape index (κ1) is 20.6. The number of hydrogen-bond donors (Lipinski definition) is 0. The van der Waals surface area contributed by atoms with Gasteiger partial charge in [-0.3, -0.25) is 4.79 Å². The average molecular weight is 399 g/mol. The zero-order valence-corrected chi connectivity index (χ0v) is 19.6. The first-order chi connectivity index (χ1) is 11.9. The molecule has 0 unspecified atom stereocenters. The standard InChI is InChI=1S/C20H38O4Si2/c1-25(2,3)23-18(24-26(4,5)6)7-8-22-19(21)20-12-15-9-16(13-20)11-17(10-15)14-20/h15-18H,7-14H2,1-6H3. The van der Waals surface area contributed by atoms with Crippen molar-refractivity contribution in [2.45, 2.75) is 90.5 Å². The number of esters is 1. The maximum absolute atomic E-state index is 13.0. The van der Waals surface area contributed by atoms with E-state index in [-0.39, 0.29) is 17.7 Å². The summed E-state index contributed by atoms with van der Waals surface area (Å²) in [5.41, 5.74) is -0.163. The van der Waals surface area contributed by atoms with Crippen LogP contribution >= 0.6 is 0 Å². The second-order valence-corrected chi connectivity index (χ2v) is 19.9. The van der Waals surface area contributed by atoms with Crippen LogP contribution in [0.1, 0.15) is 44.9 Å². The molecule has 0 radical (unpaired) electrons. The third-order valence-electron chi connectivity index (χ3n) is 6.03. The summed E-state index contributed by atoms with van der Waals surface area (Å²) < 4.78 is 18.2. The number of ether oxygens (including phenoxy) is 1. The minimum Gasteiger partial charge on any atom is -0.465 e. The van der Waals surface area contributed by atoms with Crippen LogP contribution in [0.3, 0.4) is 0 Å². The number of carbonyl (C=O) groups excluding carboxylic acids is 1. The zero-order chi connectivity index (χ0) is 19.2. The maximum atomic E-state index is 13.0. The van der Waals surface area contributed by atoms with Gasteiger partial charge in [0.1, 0.15) is 6.29 Å². The Morgan fingerprint density at radius 3 is 1.69 bits per heavy atom. The molecule has 0 amide bonds. The Morgan fingerprint density at radius 2 is 1.31 bits per heavy atom. The molecule has 4 fully saturated rings. The van der Waals surface area contributed by atoms with Crippen molar-refractivity contribution >= 4 is 22.6 Å². The molecule has 0 aliphatic heterocycles. The Morgan fingerprint density at radius 1 is 0.885 bits per heavy atom. The van der Waals surface area contributed by atoms with Crippen LogP contribution in [0.15, 0.2) is 0 Å². The Bertz CT molecular complexity index is 470. The summed E-state index contributed by atoms with van der Waals surface area (Å²) in [6.07, 6.45) is 7.66. The van der Waals surface area contributed by atoms with Crippen molar-refractivity contribution in [2.24, 2.45) is 23.2 Å². The fourth-order valence-electron chi connectivity index (χ4n) is 5.69. The number of rotatable bonds is 8. The Hall–Kier alpha value is -0.176. The van der Waals surface area contributed by atoms with E-state index in [9.17, 15) is 4.79 Å². The predicted molar refractivity (Wildman–Crippen MR) is 109 cm³/mol. The molecule has 4 bridgehead atoms. The summed E-state index contributed by atoms with van der Waals surface area (Å²) in [5.74, 6) is 2.38. The van der Waals surface area contributed by atoms with Crippen molar-refractivity contribution in [3.8, 4) is 0 Å². The lowest BCUT2D eigenvalue weighted by Crippen LogP contribution is -2.50. The van der Waals surface area contributed by atoms with Gasteiger partial charge in [-0.25, -0.2) is 0 Å². The lowest BCUT2D eigenvalue weighted by atomic mass is 9.49. The van der Waals surface area contributed by atoms with Crippen molar-refractivity contribution in [3.05, 3.63) is 0 Å². The van der Waals surface area contributed by atoms with Gasteiger partial charge in [-0.15, -0.1) is 0 Å². The van der Waals surface area contributed by atoms with E-state index in [0.29, 0.717) is 13.0 Å². The minimum atomic E-state index is -1.70. The van der Waals surface area contributed by atoms with E-state index in [1.165, 1.54) is 19.3 Å². The highest BCUT2D eigenvalue weighted by molar-refractivity contribution is 6.70. The van der Waals surface area contributed by atoms with E-state index < -0.39 is 16.6 Å². The van der Waals surface area contributed by atoms with Gasteiger partial charge in [0.15, 0.2) is 16.6 Å².